The Bertz CT molecular complexity index is 1440. The molecule has 0 aliphatic heterocycles. The van der Waals surface area contributed by atoms with Crippen molar-refractivity contribution < 1.29 is 37.3 Å². The van der Waals surface area contributed by atoms with E-state index in [0.29, 0.717) is 17.4 Å². The number of unbranched alkanes of at least 4 members (excludes halogenated alkanes) is 37. The molecule has 1 amide bonds. The lowest BCUT2D eigenvalue weighted by Gasteiger charge is -2.30. The fourth-order valence-corrected chi connectivity index (χ4v) is 10.2. The van der Waals surface area contributed by atoms with Gasteiger partial charge in [0.1, 0.15) is 19.3 Å². The van der Waals surface area contributed by atoms with Crippen LogP contribution in [0.15, 0.2) is 48.6 Å². The van der Waals surface area contributed by atoms with Crippen molar-refractivity contribution in [1.82, 2.24) is 5.32 Å². The van der Waals surface area contributed by atoms with Gasteiger partial charge in [-0.1, -0.05) is 275 Å². The average molecular weight is 1090 g/mol. The summed E-state index contributed by atoms with van der Waals surface area (Å²) in [7, 11) is 1.19. The maximum atomic E-state index is 13.5. The molecule has 0 spiro atoms. The normalized spacial score (nSPS) is 13.9. The number of amides is 1. The van der Waals surface area contributed by atoms with E-state index >= 15 is 0 Å². The van der Waals surface area contributed by atoms with E-state index in [1.807, 2.05) is 33.3 Å². The van der Waals surface area contributed by atoms with E-state index in [-0.39, 0.29) is 31.5 Å². The zero-order valence-corrected chi connectivity index (χ0v) is 51.9. The Kier molecular flexibility index (Phi) is 54.7. The number of ether oxygens (including phenoxy) is 1. The number of hydrogen-bond acceptors (Lipinski definition) is 7. The topological polar surface area (TPSA) is 114 Å². The molecule has 0 aromatic heterocycles. The molecule has 3 unspecified atom stereocenters. The molecule has 3 atom stereocenters. The third kappa shape index (κ3) is 56.7. The molecule has 0 aliphatic rings. The van der Waals surface area contributed by atoms with Crippen molar-refractivity contribution in [1.29, 1.82) is 0 Å². The van der Waals surface area contributed by atoms with Crippen molar-refractivity contribution in [3.63, 3.8) is 0 Å². The number of hydrogen-bond donors (Lipinski definition) is 1. The molecule has 1 N–H and O–H groups in total. The van der Waals surface area contributed by atoms with Crippen molar-refractivity contribution in [2.24, 2.45) is 0 Å². The van der Waals surface area contributed by atoms with E-state index in [4.69, 9.17) is 13.8 Å². The summed E-state index contributed by atoms with van der Waals surface area (Å²) >= 11 is 0. The van der Waals surface area contributed by atoms with Crippen LogP contribution in [0.1, 0.15) is 310 Å². The third-order valence-corrected chi connectivity index (χ3v) is 15.5. The van der Waals surface area contributed by atoms with Crippen LogP contribution in [0.4, 0.5) is 0 Å². The molecule has 9 nitrogen and oxygen atoms in total. The quantitative estimate of drug-likeness (QED) is 0.0212. The zero-order chi connectivity index (χ0) is 55.7. The van der Waals surface area contributed by atoms with Crippen molar-refractivity contribution in [2.45, 2.75) is 322 Å². The van der Waals surface area contributed by atoms with E-state index in [9.17, 15) is 19.0 Å². The predicted molar refractivity (Wildman–Crippen MR) is 326 cm³/mol. The Labute approximate surface area is 471 Å². The van der Waals surface area contributed by atoms with Gasteiger partial charge in [-0.3, -0.25) is 14.2 Å². The molecular formula is C66H125N2O7P. The number of quaternary nitrogens is 1. The lowest BCUT2D eigenvalue weighted by atomic mass is 10.0. The molecule has 10 heteroatoms. The van der Waals surface area contributed by atoms with Crippen LogP contribution in [0, 0.1) is 0 Å². The van der Waals surface area contributed by atoms with Gasteiger partial charge in [-0.25, -0.2) is 0 Å². The summed E-state index contributed by atoms with van der Waals surface area (Å²) in [5, 5.41) is 3.03. The number of phosphoric acid groups is 1. The Morgan fingerprint density at radius 1 is 0.461 bits per heavy atom. The SMILES string of the molecule is CCCCC/C=C\C/C=C\C/C=C\CCCCCCCCCCCCCCC(=O)NC(COP(=O)([O-])OCC[N+](C)(C)C)C(/C=C\CCCCCCCCCCC)OC(=O)CCCCCCCCCCCCCCCC. The Hall–Kier alpha value is -2.03. The third-order valence-electron chi connectivity index (χ3n) is 14.5. The van der Waals surface area contributed by atoms with E-state index < -0.39 is 20.0 Å². The van der Waals surface area contributed by atoms with Crippen molar-refractivity contribution in [3.8, 4) is 0 Å². The first-order valence-electron chi connectivity index (χ1n) is 32.4. The molecule has 0 fully saturated rings. The fourth-order valence-electron chi connectivity index (χ4n) is 9.47. The van der Waals surface area contributed by atoms with Crippen LogP contribution < -0.4 is 10.2 Å². The number of rotatable bonds is 59. The van der Waals surface area contributed by atoms with E-state index in [1.165, 1.54) is 205 Å². The second-order valence-electron chi connectivity index (χ2n) is 23.3. The highest BCUT2D eigenvalue weighted by Crippen LogP contribution is 2.38. The molecule has 76 heavy (non-hydrogen) atoms. The zero-order valence-electron chi connectivity index (χ0n) is 51.0. The highest BCUT2D eigenvalue weighted by Gasteiger charge is 2.27. The summed E-state index contributed by atoms with van der Waals surface area (Å²) in [6.07, 6.45) is 69.4. The molecule has 0 bridgehead atoms. The molecule has 0 rings (SSSR count). The molecule has 0 aromatic rings. The molecule has 0 radical (unpaired) electrons. The number of carbonyl (C=O) groups is 2. The Morgan fingerprint density at radius 2 is 0.803 bits per heavy atom. The summed E-state index contributed by atoms with van der Waals surface area (Å²) in [5.41, 5.74) is 0. The number of nitrogens with zero attached hydrogens (tertiary/aromatic N) is 1. The monoisotopic (exact) mass is 1090 g/mol. The minimum Gasteiger partial charge on any atom is -0.756 e. The highest BCUT2D eigenvalue weighted by atomic mass is 31.2. The van der Waals surface area contributed by atoms with Crippen molar-refractivity contribution in [2.75, 3.05) is 40.9 Å². The van der Waals surface area contributed by atoms with Crippen LogP contribution in [0.2, 0.25) is 0 Å². The minimum atomic E-state index is -4.69. The van der Waals surface area contributed by atoms with Gasteiger partial charge in [-0.2, -0.15) is 0 Å². The van der Waals surface area contributed by atoms with Gasteiger partial charge in [-0.15, -0.1) is 0 Å². The lowest BCUT2D eigenvalue weighted by molar-refractivity contribution is -0.870. The van der Waals surface area contributed by atoms with Gasteiger partial charge in [0.25, 0.3) is 7.82 Å². The van der Waals surface area contributed by atoms with E-state index in [2.05, 4.69) is 62.5 Å². The van der Waals surface area contributed by atoms with Gasteiger partial charge in [0, 0.05) is 12.8 Å². The molecule has 0 aliphatic carbocycles. The largest absolute Gasteiger partial charge is 0.756 e. The Morgan fingerprint density at radius 3 is 1.22 bits per heavy atom. The van der Waals surface area contributed by atoms with Crippen molar-refractivity contribution >= 4 is 19.7 Å². The van der Waals surface area contributed by atoms with Crippen LogP contribution in [0.25, 0.3) is 0 Å². The molecule has 0 saturated heterocycles. The summed E-state index contributed by atoms with van der Waals surface area (Å²) < 4.78 is 30.3. The van der Waals surface area contributed by atoms with Crippen LogP contribution in [-0.2, 0) is 27.9 Å². The molecule has 0 heterocycles. The van der Waals surface area contributed by atoms with Crippen molar-refractivity contribution in [3.05, 3.63) is 48.6 Å². The number of phosphoric ester groups is 1. The lowest BCUT2D eigenvalue weighted by Crippen LogP contribution is -2.47. The molecular weight excluding hydrogens is 964 g/mol. The first-order chi connectivity index (χ1) is 36.9. The summed E-state index contributed by atoms with van der Waals surface area (Å²) in [4.78, 5) is 40.0. The summed E-state index contributed by atoms with van der Waals surface area (Å²) in [5.74, 6) is -0.532. The fraction of sp³-hybridized carbons (Fsp3) is 0.848. The maximum Gasteiger partial charge on any atom is 0.306 e. The smallest absolute Gasteiger partial charge is 0.306 e. The van der Waals surface area contributed by atoms with Gasteiger partial charge in [0.2, 0.25) is 5.91 Å². The Balaban J connectivity index is 5.05. The van der Waals surface area contributed by atoms with E-state index in [0.717, 1.165) is 70.6 Å². The standard InChI is InChI=1S/C66H125N2O7P/c1-7-10-13-16-19-22-25-27-29-30-31-32-33-34-35-36-37-38-39-40-43-46-49-52-55-58-65(69)67-63(62-74-76(71,72)73-61-60-68(4,5)6)64(57-54-51-48-45-42-24-21-18-15-12-9-3)75-66(70)59-56-53-50-47-44-41-28-26-23-20-17-14-11-8-2/h19,22,27,29,31-32,54,57,63-64H,7-18,20-21,23-26,28,30,33-53,55-56,58-62H2,1-6H3,(H-,67,69,71,72)/b22-19-,29-27-,32-31-,57-54-. The van der Waals surface area contributed by atoms with Crippen LogP contribution in [-0.4, -0.2) is 69.4 Å². The average Bonchev–Trinajstić information content (AvgIpc) is 3.38. The van der Waals surface area contributed by atoms with Crippen LogP contribution >= 0.6 is 7.82 Å². The van der Waals surface area contributed by atoms with Gasteiger partial charge >= 0.3 is 5.97 Å². The van der Waals surface area contributed by atoms with Crippen LogP contribution in [0.3, 0.4) is 0 Å². The summed E-state index contributed by atoms with van der Waals surface area (Å²) in [6.45, 7) is 6.84. The molecule has 0 saturated carbocycles. The van der Waals surface area contributed by atoms with Gasteiger partial charge < -0.3 is 28.5 Å². The second-order valence-corrected chi connectivity index (χ2v) is 24.7. The number of nitrogens with one attached hydrogen (secondary N) is 1. The van der Waals surface area contributed by atoms with Gasteiger partial charge in [-0.05, 0) is 70.3 Å². The first kappa shape index (κ1) is 74.0. The number of esters is 1. The number of carbonyl (C=O) groups excluding carboxylic acids is 2. The second kappa shape index (κ2) is 56.3. The highest BCUT2D eigenvalue weighted by molar-refractivity contribution is 7.45. The molecule has 0 aromatic carbocycles. The van der Waals surface area contributed by atoms with Gasteiger partial charge in [0.15, 0.2) is 0 Å². The van der Waals surface area contributed by atoms with Gasteiger partial charge in [0.05, 0.1) is 33.8 Å². The predicted octanol–water partition coefficient (Wildman–Crippen LogP) is 19.4. The maximum absolute atomic E-state index is 13.5. The first-order valence-corrected chi connectivity index (χ1v) is 33.9. The van der Waals surface area contributed by atoms with E-state index in [1.54, 1.807) is 0 Å². The van der Waals surface area contributed by atoms with Crippen LogP contribution in [0.5, 0.6) is 0 Å². The summed E-state index contributed by atoms with van der Waals surface area (Å²) in [6, 6.07) is -0.886. The molecule has 446 valence electrons. The number of allylic oxidation sites excluding steroid dienone is 7. The minimum absolute atomic E-state index is 0.0211. The number of likely N-dealkylation sites (N-methyl/N-ethyl adjacent to an activating group) is 1.